The molecule has 2 heteroatoms. The molecule has 0 bridgehead atoms. The van der Waals surface area contributed by atoms with Crippen LogP contribution in [0.25, 0.3) is 0 Å². The third-order valence-corrected chi connectivity index (χ3v) is 3.52. The molecule has 0 N–H and O–H groups in total. The molecule has 0 amide bonds. The van der Waals surface area contributed by atoms with E-state index < -0.39 is 0 Å². The highest BCUT2D eigenvalue weighted by molar-refractivity contribution is 6.04. The summed E-state index contributed by atoms with van der Waals surface area (Å²) in [6.07, 6.45) is 4.98. The highest BCUT2D eigenvalue weighted by Gasteiger charge is 2.28. The summed E-state index contributed by atoms with van der Waals surface area (Å²) in [5, 5.41) is 8.79. The first kappa shape index (κ1) is 13.0. The molecule has 0 heterocycles. The van der Waals surface area contributed by atoms with Crippen molar-refractivity contribution in [3.63, 3.8) is 0 Å². The normalized spacial score (nSPS) is 18.9. The fraction of sp³-hybridized carbons (Fsp3) is 0.176. The van der Waals surface area contributed by atoms with Gasteiger partial charge >= 0.3 is 0 Å². The lowest BCUT2D eigenvalue weighted by Crippen LogP contribution is -2.20. The van der Waals surface area contributed by atoms with Crippen LogP contribution in [0, 0.1) is 11.3 Å². The van der Waals surface area contributed by atoms with E-state index in [1.165, 1.54) is 0 Å². The zero-order valence-corrected chi connectivity index (χ0v) is 10.7. The molecule has 0 saturated carbocycles. The van der Waals surface area contributed by atoms with Gasteiger partial charge in [-0.05, 0) is 36.1 Å². The molecule has 2 nitrogen and oxygen atoms in total. The lowest BCUT2D eigenvalue weighted by atomic mass is 9.79. The number of benzene rings is 1. The maximum Gasteiger partial charge on any atom is 0.170 e. The van der Waals surface area contributed by atoms with Crippen LogP contribution in [-0.2, 0) is 4.79 Å². The quantitative estimate of drug-likeness (QED) is 0.820. The van der Waals surface area contributed by atoms with Gasteiger partial charge in [-0.3, -0.25) is 4.79 Å². The Kier molecular flexibility index (Phi) is 3.77. The SMILES string of the molecule is C=CC1=C(C=C)C(=O)C(c2ccc(C#N)cc2)CC1. The predicted molar refractivity (Wildman–Crippen MR) is 75.6 cm³/mol. The van der Waals surface area contributed by atoms with Crippen LogP contribution in [0.15, 0.2) is 60.7 Å². The number of Topliss-reactive ketones (excluding diaryl/α,β-unsaturated/α-hetero) is 1. The number of carbonyl (C=O) groups is 1. The predicted octanol–water partition coefficient (Wildman–Crippen LogP) is 3.67. The first-order chi connectivity index (χ1) is 9.21. The molecule has 0 radical (unpaired) electrons. The van der Waals surface area contributed by atoms with Crippen molar-refractivity contribution in [2.45, 2.75) is 18.8 Å². The van der Waals surface area contributed by atoms with Crippen LogP contribution in [0.4, 0.5) is 0 Å². The van der Waals surface area contributed by atoms with Crippen molar-refractivity contribution in [3.8, 4) is 6.07 Å². The minimum atomic E-state index is -0.135. The van der Waals surface area contributed by atoms with Crippen LogP contribution in [0.3, 0.4) is 0 Å². The molecule has 1 aromatic carbocycles. The lowest BCUT2D eigenvalue weighted by Gasteiger charge is -2.23. The van der Waals surface area contributed by atoms with E-state index in [2.05, 4.69) is 19.2 Å². The Labute approximate surface area is 113 Å². The molecule has 1 unspecified atom stereocenters. The Morgan fingerprint density at radius 3 is 2.42 bits per heavy atom. The van der Waals surface area contributed by atoms with Gasteiger partial charge in [-0.25, -0.2) is 0 Å². The summed E-state index contributed by atoms with van der Waals surface area (Å²) in [5.41, 5.74) is 3.23. The van der Waals surface area contributed by atoms with E-state index in [1.54, 1.807) is 24.3 Å². The smallest absolute Gasteiger partial charge is 0.170 e. The van der Waals surface area contributed by atoms with Crippen LogP contribution in [0.5, 0.6) is 0 Å². The zero-order valence-electron chi connectivity index (χ0n) is 10.7. The molecular weight excluding hydrogens is 234 g/mol. The van der Waals surface area contributed by atoms with Crippen molar-refractivity contribution in [3.05, 3.63) is 71.8 Å². The number of nitriles is 1. The summed E-state index contributed by atoms with van der Waals surface area (Å²) in [6, 6.07) is 9.31. The van der Waals surface area contributed by atoms with E-state index in [0.717, 1.165) is 24.0 Å². The van der Waals surface area contributed by atoms with E-state index in [1.807, 2.05) is 12.1 Å². The minimum absolute atomic E-state index is 0.0980. The topological polar surface area (TPSA) is 40.9 Å². The second-order valence-corrected chi connectivity index (χ2v) is 4.54. The second kappa shape index (κ2) is 5.49. The van der Waals surface area contributed by atoms with Gasteiger partial charge in [0.1, 0.15) is 0 Å². The van der Waals surface area contributed by atoms with Crippen molar-refractivity contribution in [2.75, 3.05) is 0 Å². The van der Waals surface area contributed by atoms with Crippen LogP contribution < -0.4 is 0 Å². The van der Waals surface area contributed by atoms with Gasteiger partial charge in [-0.15, -0.1) is 0 Å². The van der Waals surface area contributed by atoms with Gasteiger partial charge in [0, 0.05) is 11.5 Å². The molecule has 0 aromatic heterocycles. The molecule has 1 aromatic rings. The highest BCUT2D eigenvalue weighted by atomic mass is 16.1. The largest absolute Gasteiger partial charge is 0.293 e. The molecule has 1 atom stereocenters. The molecule has 0 aliphatic heterocycles. The molecule has 2 rings (SSSR count). The van der Waals surface area contributed by atoms with Gasteiger partial charge in [-0.2, -0.15) is 5.26 Å². The Bertz CT molecular complexity index is 599. The zero-order chi connectivity index (χ0) is 13.8. The molecule has 1 aliphatic carbocycles. The van der Waals surface area contributed by atoms with Gasteiger partial charge in [0.05, 0.1) is 11.6 Å². The summed E-state index contributed by atoms with van der Waals surface area (Å²) < 4.78 is 0. The standard InChI is InChI=1S/C17H15NO/c1-3-13-9-10-16(17(19)15(13)4-2)14-7-5-12(11-18)6-8-14/h3-8,16H,1-2,9-10H2. The fourth-order valence-corrected chi connectivity index (χ4v) is 2.46. The van der Waals surface area contributed by atoms with Crippen LogP contribution in [0.2, 0.25) is 0 Å². The van der Waals surface area contributed by atoms with Gasteiger partial charge in [-0.1, -0.05) is 37.4 Å². The van der Waals surface area contributed by atoms with E-state index in [0.29, 0.717) is 11.1 Å². The van der Waals surface area contributed by atoms with Crippen molar-refractivity contribution < 1.29 is 4.79 Å². The maximum atomic E-state index is 12.4. The van der Waals surface area contributed by atoms with E-state index in [9.17, 15) is 4.79 Å². The molecule has 1 aliphatic rings. The molecule has 0 fully saturated rings. The number of carbonyl (C=O) groups excluding carboxylic acids is 1. The summed E-state index contributed by atoms with van der Waals surface area (Å²) >= 11 is 0. The number of hydrogen-bond acceptors (Lipinski definition) is 2. The Morgan fingerprint density at radius 2 is 1.89 bits per heavy atom. The van der Waals surface area contributed by atoms with Crippen molar-refractivity contribution >= 4 is 5.78 Å². The average Bonchev–Trinajstić information content (AvgIpc) is 2.47. The van der Waals surface area contributed by atoms with Crippen molar-refractivity contribution in [1.82, 2.24) is 0 Å². The number of ketones is 1. The first-order valence-corrected chi connectivity index (χ1v) is 6.23. The molecule has 94 valence electrons. The summed E-state index contributed by atoms with van der Waals surface area (Å²) in [5.74, 6) is -0.0368. The number of rotatable bonds is 3. The Morgan fingerprint density at radius 1 is 1.21 bits per heavy atom. The second-order valence-electron chi connectivity index (χ2n) is 4.54. The summed E-state index contributed by atoms with van der Waals surface area (Å²) in [6.45, 7) is 7.46. The average molecular weight is 249 g/mol. The van der Waals surface area contributed by atoms with Gasteiger partial charge in [0.15, 0.2) is 5.78 Å². The summed E-state index contributed by atoms with van der Waals surface area (Å²) in [7, 11) is 0. The van der Waals surface area contributed by atoms with E-state index in [4.69, 9.17) is 5.26 Å². The van der Waals surface area contributed by atoms with Crippen LogP contribution in [-0.4, -0.2) is 5.78 Å². The first-order valence-electron chi connectivity index (χ1n) is 6.23. The highest BCUT2D eigenvalue weighted by Crippen LogP contribution is 2.34. The van der Waals surface area contributed by atoms with E-state index >= 15 is 0 Å². The Balaban J connectivity index is 2.35. The lowest BCUT2D eigenvalue weighted by molar-refractivity contribution is -0.117. The fourth-order valence-electron chi connectivity index (χ4n) is 2.46. The van der Waals surface area contributed by atoms with Crippen molar-refractivity contribution in [1.29, 1.82) is 5.26 Å². The summed E-state index contributed by atoms with van der Waals surface area (Å²) in [4.78, 5) is 12.4. The van der Waals surface area contributed by atoms with E-state index in [-0.39, 0.29) is 11.7 Å². The Hall–Kier alpha value is -2.40. The van der Waals surface area contributed by atoms with Crippen LogP contribution >= 0.6 is 0 Å². The molecular formula is C17H15NO. The molecule has 0 spiro atoms. The molecule has 19 heavy (non-hydrogen) atoms. The third-order valence-electron chi connectivity index (χ3n) is 3.52. The number of allylic oxidation sites excluding steroid dienone is 4. The van der Waals surface area contributed by atoms with Gasteiger partial charge in [0.2, 0.25) is 0 Å². The molecule has 0 saturated heterocycles. The van der Waals surface area contributed by atoms with Crippen molar-refractivity contribution in [2.24, 2.45) is 0 Å². The third kappa shape index (κ3) is 2.41. The number of hydrogen-bond donors (Lipinski definition) is 0. The van der Waals surface area contributed by atoms with Crippen LogP contribution in [0.1, 0.15) is 29.9 Å². The monoisotopic (exact) mass is 249 g/mol. The maximum absolute atomic E-state index is 12.4. The minimum Gasteiger partial charge on any atom is -0.293 e. The number of nitrogens with zero attached hydrogens (tertiary/aromatic N) is 1. The van der Waals surface area contributed by atoms with Gasteiger partial charge < -0.3 is 0 Å². The van der Waals surface area contributed by atoms with Gasteiger partial charge in [0.25, 0.3) is 0 Å².